The molecule has 3 heterocycles. The molecule has 0 aliphatic carbocycles. The molecule has 5 atom stereocenters. The van der Waals surface area contributed by atoms with Crippen molar-refractivity contribution in [1.82, 2.24) is 9.80 Å². The second-order valence-corrected chi connectivity index (χ2v) is 9.69. The molecule has 3 fully saturated rings. The van der Waals surface area contributed by atoms with E-state index in [2.05, 4.69) is 6.58 Å². The minimum Gasteiger partial charge on any atom is -0.481 e. The Labute approximate surface area is 177 Å². The highest BCUT2D eigenvalue weighted by molar-refractivity contribution is 5.98. The molecular formula is C22H34N2O6. The Balaban J connectivity index is 2.12. The van der Waals surface area contributed by atoms with Gasteiger partial charge in [0.2, 0.25) is 11.8 Å². The van der Waals surface area contributed by atoms with Gasteiger partial charge in [-0.3, -0.25) is 14.4 Å². The molecule has 3 rings (SSSR count). The number of fused-ring (bicyclic) bond motifs is 1. The largest absolute Gasteiger partial charge is 0.481 e. The third-order valence-electron chi connectivity index (χ3n) is 7.13. The first-order valence-corrected chi connectivity index (χ1v) is 10.8. The smallest absolute Gasteiger partial charge is 0.310 e. The number of aliphatic hydroxyl groups is 1. The number of carbonyl (C=O) groups excluding carboxylic acids is 2. The lowest BCUT2D eigenvalue weighted by Gasteiger charge is -2.42. The molecule has 2 N–H and O–H groups in total. The maximum atomic E-state index is 13.9. The van der Waals surface area contributed by atoms with Crippen LogP contribution in [0.2, 0.25) is 0 Å². The van der Waals surface area contributed by atoms with Gasteiger partial charge in [0.15, 0.2) is 0 Å². The zero-order chi connectivity index (χ0) is 22.5. The second-order valence-electron chi connectivity index (χ2n) is 9.69. The number of carboxylic acid groups (broad SMARTS) is 1. The van der Waals surface area contributed by atoms with Gasteiger partial charge in [0.25, 0.3) is 0 Å². The maximum absolute atomic E-state index is 13.9. The Bertz CT molecular complexity index is 746. The van der Waals surface area contributed by atoms with Crippen molar-refractivity contribution in [3.05, 3.63) is 12.7 Å². The van der Waals surface area contributed by atoms with Crippen LogP contribution in [0.5, 0.6) is 0 Å². The quantitative estimate of drug-likeness (QED) is 0.573. The lowest BCUT2D eigenvalue weighted by Crippen LogP contribution is -2.60. The predicted octanol–water partition coefficient (Wildman–Crippen LogP) is 1.42. The van der Waals surface area contributed by atoms with Crippen LogP contribution in [0.15, 0.2) is 12.7 Å². The molecule has 2 unspecified atom stereocenters. The van der Waals surface area contributed by atoms with Crippen molar-refractivity contribution >= 4 is 17.8 Å². The number of likely N-dealkylation sites (tertiary alicyclic amines) is 1. The summed E-state index contributed by atoms with van der Waals surface area (Å²) in [6.07, 6.45) is 3.42. The molecule has 0 aromatic heterocycles. The summed E-state index contributed by atoms with van der Waals surface area (Å²) in [4.78, 5) is 42.8. The highest BCUT2D eigenvalue weighted by atomic mass is 16.5. The van der Waals surface area contributed by atoms with E-state index in [0.717, 1.165) is 0 Å². The summed E-state index contributed by atoms with van der Waals surface area (Å²) in [5.41, 5.74) is -2.58. The highest BCUT2D eigenvalue weighted by Gasteiger charge is 2.79. The van der Waals surface area contributed by atoms with Crippen LogP contribution in [0.4, 0.5) is 0 Å². The molecule has 0 saturated carbocycles. The van der Waals surface area contributed by atoms with Crippen LogP contribution in [0.25, 0.3) is 0 Å². The normalized spacial score (nSPS) is 34.9. The number of nitrogens with zero attached hydrogens (tertiary/aromatic N) is 2. The zero-order valence-corrected chi connectivity index (χ0v) is 18.4. The molecular weight excluding hydrogens is 388 g/mol. The summed E-state index contributed by atoms with van der Waals surface area (Å²) in [7, 11) is 0. The third kappa shape index (κ3) is 3.07. The first kappa shape index (κ1) is 22.7. The Kier molecular flexibility index (Phi) is 5.79. The van der Waals surface area contributed by atoms with E-state index in [9.17, 15) is 24.6 Å². The van der Waals surface area contributed by atoms with Gasteiger partial charge in [-0.25, -0.2) is 0 Å². The van der Waals surface area contributed by atoms with Gasteiger partial charge in [-0.1, -0.05) is 13.0 Å². The molecule has 0 aromatic rings. The van der Waals surface area contributed by atoms with Gasteiger partial charge in [0, 0.05) is 25.2 Å². The molecule has 0 radical (unpaired) electrons. The van der Waals surface area contributed by atoms with Crippen LogP contribution < -0.4 is 0 Å². The van der Waals surface area contributed by atoms with Crippen LogP contribution in [0.3, 0.4) is 0 Å². The number of ether oxygens (including phenoxy) is 1. The molecule has 1 spiro atoms. The van der Waals surface area contributed by atoms with Gasteiger partial charge in [0.1, 0.15) is 17.6 Å². The number of hydrogen-bond acceptors (Lipinski definition) is 5. The van der Waals surface area contributed by atoms with Crippen molar-refractivity contribution in [3.8, 4) is 0 Å². The van der Waals surface area contributed by atoms with Crippen molar-refractivity contribution in [2.45, 2.75) is 76.2 Å². The van der Waals surface area contributed by atoms with Crippen LogP contribution in [-0.2, 0) is 19.1 Å². The van der Waals surface area contributed by atoms with Gasteiger partial charge in [-0.15, -0.1) is 6.58 Å². The van der Waals surface area contributed by atoms with Gasteiger partial charge in [0.05, 0.1) is 11.5 Å². The molecule has 3 aliphatic heterocycles. The van der Waals surface area contributed by atoms with Crippen LogP contribution in [0, 0.1) is 11.8 Å². The monoisotopic (exact) mass is 422 g/mol. The highest BCUT2D eigenvalue weighted by Crippen LogP contribution is 2.64. The number of hydrogen-bond donors (Lipinski definition) is 2. The van der Waals surface area contributed by atoms with E-state index in [1.165, 1.54) is 4.90 Å². The van der Waals surface area contributed by atoms with Crippen molar-refractivity contribution in [2.24, 2.45) is 11.8 Å². The lowest BCUT2D eigenvalue weighted by molar-refractivity contribution is -0.159. The fourth-order valence-electron chi connectivity index (χ4n) is 5.83. The number of aliphatic hydroxyl groups excluding tert-OH is 1. The summed E-state index contributed by atoms with van der Waals surface area (Å²) < 4.78 is 6.47. The Morgan fingerprint density at radius 1 is 1.37 bits per heavy atom. The van der Waals surface area contributed by atoms with Gasteiger partial charge in [-0.2, -0.15) is 0 Å². The minimum atomic E-state index is -1.15. The Morgan fingerprint density at radius 3 is 2.53 bits per heavy atom. The number of carbonyl (C=O) groups is 3. The Hall–Kier alpha value is -1.93. The molecule has 2 bridgehead atoms. The first-order valence-electron chi connectivity index (χ1n) is 10.8. The summed E-state index contributed by atoms with van der Waals surface area (Å²) in [6.45, 7) is 11.8. The van der Waals surface area contributed by atoms with E-state index in [1.54, 1.807) is 11.0 Å². The molecule has 8 heteroatoms. The molecule has 0 aromatic carbocycles. The van der Waals surface area contributed by atoms with E-state index >= 15 is 0 Å². The van der Waals surface area contributed by atoms with Crippen molar-refractivity contribution in [1.29, 1.82) is 0 Å². The molecule has 3 aliphatic rings. The van der Waals surface area contributed by atoms with E-state index in [1.807, 2.05) is 27.7 Å². The zero-order valence-electron chi connectivity index (χ0n) is 18.4. The average molecular weight is 423 g/mol. The summed E-state index contributed by atoms with van der Waals surface area (Å²) in [6, 6.07) is -0.904. The van der Waals surface area contributed by atoms with Gasteiger partial charge >= 0.3 is 5.97 Å². The SMILES string of the molecule is C=CCN(C(=O)C1N(CCCO)C(=O)[C@@H]2[C@H](C(=O)O)[C@]3(CC)CCC12O3)C(C)(C)C. The molecule has 3 saturated heterocycles. The predicted molar refractivity (Wildman–Crippen MR) is 110 cm³/mol. The standard InChI is InChI=1S/C22H34N2O6/c1-6-11-24(20(3,4)5)18(27)16-22-10-9-21(7-2,30-22)15(19(28)29)14(22)17(26)23(16)12-8-13-25/h6,14-16,25H,1,7-13H2,2-5H3,(H,28,29)/t14-,15+,16?,21-,22?/m0/s1. The summed E-state index contributed by atoms with van der Waals surface area (Å²) >= 11 is 0. The minimum absolute atomic E-state index is 0.125. The summed E-state index contributed by atoms with van der Waals surface area (Å²) in [5, 5.41) is 19.3. The average Bonchev–Trinajstić information content (AvgIpc) is 3.27. The van der Waals surface area contributed by atoms with Crippen LogP contribution in [-0.4, -0.2) is 80.3 Å². The van der Waals surface area contributed by atoms with Gasteiger partial charge < -0.3 is 24.7 Å². The van der Waals surface area contributed by atoms with E-state index < -0.39 is 40.6 Å². The van der Waals surface area contributed by atoms with Crippen LogP contribution >= 0.6 is 0 Å². The molecule has 2 amide bonds. The molecule has 8 nitrogen and oxygen atoms in total. The van der Waals surface area contributed by atoms with E-state index in [4.69, 9.17) is 4.74 Å². The second kappa shape index (κ2) is 7.64. The molecule has 168 valence electrons. The number of aliphatic carboxylic acids is 1. The van der Waals surface area contributed by atoms with Crippen LogP contribution in [0.1, 0.15) is 53.4 Å². The lowest BCUT2D eigenvalue weighted by atomic mass is 9.65. The fourth-order valence-corrected chi connectivity index (χ4v) is 5.83. The van der Waals surface area contributed by atoms with Crippen molar-refractivity contribution in [3.63, 3.8) is 0 Å². The number of carboxylic acids is 1. The Morgan fingerprint density at radius 2 is 2.03 bits per heavy atom. The summed E-state index contributed by atoms with van der Waals surface area (Å²) in [5.74, 6) is -3.51. The fraction of sp³-hybridized carbons (Fsp3) is 0.773. The maximum Gasteiger partial charge on any atom is 0.310 e. The molecule has 30 heavy (non-hydrogen) atoms. The number of rotatable bonds is 8. The first-order chi connectivity index (χ1) is 14.0. The van der Waals surface area contributed by atoms with Crippen molar-refractivity contribution < 1.29 is 29.3 Å². The van der Waals surface area contributed by atoms with E-state index in [0.29, 0.717) is 32.2 Å². The van der Waals surface area contributed by atoms with Gasteiger partial charge in [-0.05, 0) is 46.5 Å². The third-order valence-corrected chi connectivity index (χ3v) is 7.13. The van der Waals surface area contributed by atoms with E-state index in [-0.39, 0.29) is 25.0 Å². The topological polar surface area (TPSA) is 107 Å². The van der Waals surface area contributed by atoms with Crippen molar-refractivity contribution in [2.75, 3.05) is 19.7 Å². The number of amides is 2.